The molecule has 0 aliphatic carbocycles. The first-order chi connectivity index (χ1) is 13.0. The molecule has 1 amide bonds. The molecule has 1 fully saturated rings. The summed E-state index contributed by atoms with van der Waals surface area (Å²) < 4.78 is 0. The third-order valence-corrected chi connectivity index (χ3v) is 4.85. The highest BCUT2D eigenvalue weighted by atomic mass is 35.5. The summed E-state index contributed by atoms with van der Waals surface area (Å²) >= 11 is 6.35. The summed E-state index contributed by atoms with van der Waals surface area (Å²) in [5.41, 5.74) is 2.59. The monoisotopic (exact) mass is 388 g/mol. The second-order valence-corrected chi connectivity index (χ2v) is 7.30. The number of anilines is 2. The van der Waals surface area contributed by atoms with Gasteiger partial charge in [0.2, 0.25) is 5.91 Å². The molecule has 1 aliphatic heterocycles. The maximum atomic E-state index is 12.4. The van der Waals surface area contributed by atoms with Gasteiger partial charge in [0.25, 0.3) is 0 Å². The summed E-state index contributed by atoms with van der Waals surface area (Å²) in [6.07, 6.45) is 3.01. The van der Waals surface area contributed by atoms with Gasteiger partial charge in [0.05, 0.1) is 17.0 Å². The van der Waals surface area contributed by atoms with Crippen LogP contribution in [0.25, 0.3) is 11.1 Å². The van der Waals surface area contributed by atoms with Crippen LogP contribution >= 0.6 is 11.6 Å². The smallest absolute Gasteiger partial charge is 0.229 e. The Labute approximate surface area is 164 Å². The van der Waals surface area contributed by atoms with Gasteiger partial charge in [-0.25, -0.2) is 4.98 Å². The lowest BCUT2D eigenvalue weighted by Crippen LogP contribution is -2.37. The number of carbonyl (C=O) groups is 1. The molecule has 0 saturated carbocycles. The van der Waals surface area contributed by atoms with E-state index in [4.69, 9.17) is 11.6 Å². The SMILES string of the molecule is CC(O)CNc1cccc(-c2cc(NC(=O)C3CCCNC3)ncc2Cl)c1. The van der Waals surface area contributed by atoms with Crippen molar-refractivity contribution in [2.45, 2.75) is 25.9 Å². The number of carbonyl (C=O) groups excluding carboxylic acids is 1. The molecular formula is C20H25ClN4O2. The molecule has 1 aromatic carbocycles. The Morgan fingerprint density at radius 2 is 2.30 bits per heavy atom. The van der Waals surface area contributed by atoms with Crippen molar-refractivity contribution in [3.8, 4) is 11.1 Å². The topological polar surface area (TPSA) is 86.3 Å². The van der Waals surface area contributed by atoms with Crippen LogP contribution in [0.2, 0.25) is 5.02 Å². The van der Waals surface area contributed by atoms with Crippen molar-refractivity contribution in [1.82, 2.24) is 10.3 Å². The van der Waals surface area contributed by atoms with Gasteiger partial charge >= 0.3 is 0 Å². The van der Waals surface area contributed by atoms with Gasteiger partial charge in [-0.05, 0) is 50.1 Å². The van der Waals surface area contributed by atoms with E-state index in [1.54, 1.807) is 19.2 Å². The van der Waals surface area contributed by atoms with E-state index in [2.05, 4.69) is 20.9 Å². The van der Waals surface area contributed by atoms with Gasteiger partial charge in [0, 0.05) is 30.5 Å². The highest BCUT2D eigenvalue weighted by molar-refractivity contribution is 6.33. The van der Waals surface area contributed by atoms with Crippen LogP contribution in [0, 0.1) is 5.92 Å². The Morgan fingerprint density at radius 1 is 1.44 bits per heavy atom. The average Bonchev–Trinajstić information content (AvgIpc) is 2.68. The van der Waals surface area contributed by atoms with E-state index >= 15 is 0 Å². The van der Waals surface area contributed by atoms with Crippen LogP contribution in [-0.4, -0.2) is 41.7 Å². The third kappa shape index (κ3) is 5.42. The largest absolute Gasteiger partial charge is 0.392 e. The van der Waals surface area contributed by atoms with Crippen molar-refractivity contribution in [3.63, 3.8) is 0 Å². The van der Waals surface area contributed by atoms with Crippen molar-refractivity contribution < 1.29 is 9.90 Å². The number of amides is 1. The summed E-state index contributed by atoms with van der Waals surface area (Å²) in [5, 5.41) is 19.3. The van der Waals surface area contributed by atoms with Gasteiger partial charge in [-0.2, -0.15) is 0 Å². The Morgan fingerprint density at radius 3 is 3.04 bits per heavy atom. The van der Waals surface area contributed by atoms with E-state index in [0.717, 1.165) is 36.2 Å². The van der Waals surface area contributed by atoms with Crippen LogP contribution in [0.1, 0.15) is 19.8 Å². The second-order valence-electron chi connectivity index (χ2n) is 6.89. The average molecular weight is 389 g/mol. The fourth-order valence-electron chi connectivity index (χ4n) is 3.09. The lowest BCUT2D eigenvalue weighted by Gasteiger charge is -2.21. The van der Waals surface area contributed by atoms with E-state index in [-0.39, 0.29) is 11.8 Å². The van der Waals surface area contributed by atoms with E-state index < -0.39 is 6.10 Å². The molecule has 144 valence electrons. The number of benzene rings is 1. The molecule has 0 radical (unpaired) electrons. The predicted molar refractivity (Wildman–Crippen MR) is 109 cm³/mol. The summed E-state index contributed by atoms with van der Waals surface area (Å²) in [6.45, 7) is 3.85. The van der Waals surface area contributed by atoms with Gasteiger partial charge in [0.1, 0.15) is 5.82 Å². The minimum absolute atomic E-state index is 0.0182. The Hall–Kier alpha value is -2.15. The molecule has 2 heterocycles. The molecule has 1 aromatic heterocycles. The number of pyridine rings is 1. The lowest BCUT2D eigenvalue weighted by molar-refractivity contribution is -0.120. The minimum atomic E-state index is -0.436. The van der Waals surface area contributed by atoms with E-state index in [1.165, 1.54) is 0 Å². The summed E-state index contributed by atoms with van der Waals surface area (Å²) in [4.78, 5) is 16.7. The highest BCUT2D eigenvalue weighted by Gasteiger charge is 2.21. The zero-order valence-electron chi connectivity index (χ0n) is 15.3. The molecule has 6 nitrogen and oxygen atoms in total. The molecule has 0 spiro atoms. The molecule has 1 aliphatic rings. The van der Waals surface area contributed by atoms with Gasteiger partial charge in [-0.3, -0.25) is 4.79 Å². The zero-order valence-corrected chi connectivity index (χ0v) is 16.1. The second kappa shape index (κ2) is 9.17. The third-order valence-electron chi connectivity index (χ3n) is 4.55. The number of aromatic nitrogens is 1. The Bertz CT molecular complexity index is 791. The molecule has 2 aromatic rings. The molecule has 27 heavy (non-hydrogen) atoms. The lowest BCUT2D eigenvalue weighted by atomic mass is 9.99. The van der Waals surface area contributed by atoms with Crippen LogP contribution in [0.15, 0.2) is 36.5 Å². The maximum absolute atomic E-state index is 12.4. The fourth-order valence-corrected chi connectivity index (χ4v) is 3.31. The van der Waals surface area contributed by atoms with Crippen LogP contribution in [0.4, 0.5) is 11.5 Å². The maximum Gasteiger partial charge on any atom is 0.229 e. The first-order valence-electron chi connectivity index (χ1n) is 9.22. The normalized spacial score (nSPS) is 18.0. The molecule has 2 atom stereocenters. The Kier molecular flexibility index (Phi) is 6.66. The number of nitrogens with zero attached hydrogens (tertiary/aromatic N) is 1. The Balaban J connectivity index is 1.77. The number of aliphatic hydroxyl groups is 1. The number of rotatable bonds is 6. The van der Waals surface area contributed by atoms with Crippen molar-refractivity contribution in [2.24, 2.45) is 5.92 Å². The number of hydrogen-bond acceptors (Lipinski definition) is 5. The summed E-state index contributed by atoms with van der Waals surface area (Å²) in [7, 11) is 0. The van der Waals surface area contributed by atoms with Gasteiger partial charge in [-0.15, -0.1) is 0 Å². The van der Waals surface area contributed by atoms with Crippen LogP contribution in [-0.2, 0) is 4.79 Å². The number of halogens is 1. The molecule has 4 N–H and O–H groups in total. The molecule has 1 saturated heterocycles. The number of piperidine rings is 1. The summed E-state index contributed by atoms with van der Waals surface area (Å²) in [6, 6.07) is 9.55. The van der Waals surface area contributed by atoms with Crippen LogP contribution in [0.5, 0.6) is 0 Å². The standard InChI is InChI=1S/C20H25ClN4O2/c1-13(26)10-23-16-6-2-4-14(8-16)17-9-19(24-12-18(17)21)25-20(27)15-5-3-7-22-11-15/h2,4,6,8-9,12-13,15,22-23,26H,3,5,7,10-11H2,1H3,(H,24,25,27). The van der Waals surface area contributed by atoms with Crippen molar-refractivity contribution in [2.75, 3.05) is 30.3 Å². The van der Waals surface area contributed by atoms with Gasteiger partial charge in [-0.1, -0.05) is 23.7 Å². The molecule has 3 rings (SSSR count). The minimum Gasteiger partial charge on any atom is -0.392 e. The van der Waals surface area contributed by atoms with E-state index in [0.29, 0.717) is 23.9 Å². The zero-order chi connectivity index (χ0) is 19.2. The predicted octanol–water partition coefficient (Wildman–Crippen LogP) is 3.13. The fraction of sp³-hybridized carbons (Fsp3) is 0.400. The number of aliphatic hydroxyl groups excluding tert-OH is 1. The number of hydrogen-bond donors (Lipinski definition) is 4. The van der Waals surface area contributed by atoms with Crippen LogP contribution < -0.4 is 16.0 Å². The van der Waals surface area contributed by atoms with Crippen molar-refractivity contribution in [1.29, 1.82) is 0 Å². The molecule has 0 bridgehead atoms. The highest BCUT2D eigenvalue weighted by Crippen LogP contribution is 2.31. The van der Waals surface area contributed by atoms with Crippen LogP contribution in [0.3, 0.4) is 0 Å². The first kappa shape index (κ1) is 19.6. The number of nitrogens with one attached hydrogen (secondary N) is 3. The van der Waals surface area contributed by atoms with Crippen molar-refractivity contribution >= 4 is 29.0 Å². The van der Waals surface area contributed by atoms with E-state index in [1.807, 2.05) is 24.3 Å². The van der Waals surface area contributed by atoms with E-state index in [9.17, 15) is 9.90 Å². The molecule has 7 heteroatoms. The first-order valence-corrected chi connectivity index (χ1v) is 9.60. The van der Waals surface area contributed by atoms with Crippen molar-refractivity contribution in [3.05, 3.63) is 41.6 Å². The van der Waals surface area contributed by atoms with Gasteiger partial charge in [0.15, 0.2) is 0 Å². The van der Waals surface area contributed by atoms with Gasteiger partial charge < -0.3 is 21.1 Å². The molecule has 2 unspecified atom stereocenters. The summed E-state index contributed by atoms with van der Waals surface area (Å²) in [5.74, 6) is 0.440. The quantitative estimate of drug-likeness (QED) is 0.610. The molecular weight excluding hydrogens is 364 g/mol.